The van der Waals surface area contributed by atoms with E-state index in [9.17, 15) is 0 Å². The summed E-state index contributed by atoms with van der Waals surface area (Å²) in [6.07, 6.45) is 2.97. The summed E-state index contributed by atoms with van der Waals surface area (Å²) in [7, 11) is -1.06. The quantitative estimate of drug-likeness (QED) is 0.474. The summed E-state index contributed by atoms with van der Waals surface area (Å²) in [6, 6.07) is 0. The van der Waals surface area contributed by atoms with Crippen LogP contribution in [0.2, 0.25) is 6.32 Å². The fourth-order valence-electron chi connectivity index (χ4n) is 0.652. The Bertz CT molecular complexity index is 60.7. The summed E-state index contributed by atoms with van der Waals surface area (Å²) in [5.74, 6) is 0.625. The molecule has 1 aliphatic rings. The Balaban J connectivity index is 1.97. The van der Waals surface area contributed by atoms with Gasteiger partial charge in [-0.05, 0) is 12.2 Å². The van der Waals surface area contributed by atoms with Crippen molar-refractivity contribution in [3.63, 3.8) is 0 Å². The summed E-state index contributed by atoms with van der Waals surface area (Å²) in [4.78, 5) is 0. The second-order valence-corrected chi connectivity index (χ2v) is 2.16. The van der Waals surface area contributed by atoms with Crippen molar-refractivity contribution in [1.29, 1.82) is 0 Å². The summed E-state index contributed by atoms with van der Waals surface area (Å²) in [5.41, 5.74) is 0. The normalized spacial score (nSPS) is 19.7. The van der Waals surface area contributed by atoms with E-state index in [4.69, 9.17) is 10.0 Å². The average Bonchev–Trinajstić information content (AvgIpc) is 2.17. The monoisotopic (exact) mass is 100 g/mol. The van der Waals surface area contributed by atoms with Crippen LogP contribution in [0.15, 0.2) is 0 Å². The van der Waals surface area contributed by atoms with Crippen molar-refractivity contribution in [2.45, 2.75) is 19.2 Å². The highest BCUT2D eigenvalue weighted by Crippen LogP contribution is 2.33. The molecular formula is C4H9BO2. The molecule has 0 bridgehead atoms. The Morgan fingerprint density at radius 1 is 1.43 bits per heavy atom. The zero-order valence-electron chi connectivity index (χ0n) is 4.17. The molecule has 1 saturated carbocycles. The molecule has 40 valence electrons. The molecule has 0 radical (unpaired) electrons. The first kappa shape index (κ1) is 5.13. The van der Waals surface area contributed by atoms with Gasteiger partial charge in [-0.15, -0.1) is 0 Å². The molecule has 0 aromatic heterocycles. The molecule has 0 heterocycles. The van der Waals surface area contributed by atoms with E-state index in [2.05, 4.69) is 0 Å². The third-order valence-corrected chi connectivity index (χ3v) is 1.24. The van der Waals surface area contributed by atoms with E-state index < -0.39 is 7.12 Å². The molecule has 0 aliphatic heterocycles. The number of hydrogen-bond donors (Lipinski definition) is 2. The molecule has 2 N–H and O–H groups in total. The van der Waals surface area contributed by atoms with Gasteiger partial charge in [0.1, 0.15) is 0 Å². The minimum atomic E-state index is -1.06. The highest BCUT2D eigenvalue weighted by molar-refractivity contribution is 6.41. The maximum atomic E-state index is 8.32. The van der Waals surface area contributed by atoms with E-state index in [0.29, 0.717) is 12.2 Å². The summed E-state index contributed by atoms with van der Waals surface area (Å²) < 4.78 is 0. The zero-order valence-corrected chi connectivity index (χ0v) is 4.17. The maximum absolute atomic E-state index is 8.32. The van der Waals surface area contributed by atoms with Crippen LogP contribution in [0.3, 0.4) is 0 Å². The minimum absolute atomic E-state index is 0.583. The molecular weight excluding hydrogens is 90.9 g/mol. The van der Waals surface area contributed by atoms with Gasteiger partial charge in [-0.25, -0.2) is 0 Å². The molecule has 0 aromatic carbocycles. The third kappa shape index (κ3) is 1.95. The van der Waals surface area contributed by atoms with Gasteiger partial charge in [0.25, 0.3) is 0 Å². The van der Waals surface area contributed by atoms with E-state index in [1.54, 1.807) is 0 Å². The SMILES string of the molecule is OB(O)CC1CC1. The lowest BCUT2D eigenvalue weighted by atomic mass is 9.83. The molecule has 7 heavy (non-hydrogen) atoms. The average molecular weight is 99.9 g/mol. The van der Waals surface area contributed by atoms with Crippen molar-refractivity contribution < 1.29 is 10.0 Å². The van der Waals surface area contributed by atoms with E-state index in [0.717, 1.165) is 0 Å². The first-order valence-electron chi connectivity index (χ1n) is 2.65. The molecule has 2 nitrogen and oxygen atoms in total. The van der Waals surface area contributed by atoms with Gasteiger partial charge < -0.3 is 10.0 Å². The van der Waals surface area contributed by atoms with Crippen molar-refractivity contribution in [3.05, 3.63) is 0 Å². The third-order valence-electron chi connectivity index (χ3n) is 1.24. The molecule has 1 rings (SSSR count). The predicted molar refractivity (Wildman–Crippen MR) is 27.7 cm³/mol. The number of rotatable bonds is 2. The Hall–Kier alpha value is -0.0151. The molecule has 1 aliphatic carbocycles. The highest BCUT2D eigenvalue weighted by atomic mass is 16.4. The Morgan fingerprint density at radius 3 is 2.14 bits per heavy atom. The van der Waals surface area contributed by atoms with Gasteiger partial charge in [0.05, 0.1) is 0 Å². The van der Waals surface area contributed by atoms with Gasteiger partial charge in [0, 0.05) is 0 Å². The molecule has 3 heteroatoms. The predicted octanol–water partition coefficient (Wildman–Crippen LogP) is -0.131. The Kier molecular flexibility index (Phi) is 1.35. The largest absolute Gasteiger partial charge is 0.451 e. The lowest BCUT2D eigenvalue weighted by Crippen LogP contribution is -2.10. The van der Waals surface area contributed by atoms with Crippen LogP contribution in [0, 0.1) is 5.92 Å². The molecule has 0 saturated heterocycles. The van der Waals surface area contributed by atoms with Gasteiger partial charge >= 0.3 is 7.12 Å². The minimum Gasteiger partial charge on any atom is -0.427 e. The van der Waals surface area contributed by atoms with E-state index in [1.165, 1.54) is 12.8 Å². The van der Waals surface area contributed by atoms with Crippen molar-refractivity contribution >= 4 is 7.12 Å². The first-order valence-corrected chi connectivity index (χ1v) is 2.65. The first-order chi connectivity index (χ1) is 3.29. The van der Waals surface area contributed by atoms with Crippen LogP contribution in [0.5, 0.6) is 0 Å². The molecule has 0 aromatic rings. The second kappa shape index (κ2) is 1.84. The van der Waals surface area contributed by atoms with Crippen LogP contribution in [0.1, 0.15) is 12.8 Å². The summed E-state index contributed by atoms with van der Waals surface area (Å²) in [6.45, 7) is 0. The van der Waals surface area contributed by atoms with Crippen LogP contribution in [0.25, 0.3) is 0 Å². The van der Waals surface area contributed by atoms with Crippen LogP contribution in [-0.2, 0) is 0 Å². The fraction of sp³-hybridized carbons (Fsp3) is 1.00. The van der Waals surface area contributed by atoms with Gasteiger partial charge in [-0.2, -0.15) is 0 Å². The smallest absolute Gasteiger partial charge is 0.427 e. The molecule has 0 spiro atoms. The topological polar surface area (TPSA) is 40.5 Å². The van der Waals surface area contributed by atoms with Gasteiger partial charge in [-0.1, -0.05) is 12.8 Å². The van der Waals surface area contributed by atoms with Crippen LogP contribution in [-0.4, -0.2) is 17.2 Å². The fourth-order valence-corrected chi connectivity index (χ4v) is 0.652. The highest BCUT2D eigenvalue weighted by Gasteiger charge is 2.25. The number of hydrogen-bond acceptors (Lipinski definition) is 2. The Morgan fingerprint density at radius 2 is 2.00 bits per heavy atom. The Labute approximate surface area is 43.3 Å². The van der Waals surface area contributed by atoms with Gasteiger partial charge in [0.2, 0.25) is 0 Å². The van der Waals surface area contributed by atoms with Gasteiger partial charge in [0.15, 0.2) is 0 Å². The van der Waals surface area contributed by atoms with Crippen molar-refractivity contribution in [3.8, 4) is 0 Å². The molecule has 0 atom stereocenters. The summed E-state index contributed by atoms with van der Waals surface area (Å²) in [5, 5.41) is 16.6. The van der Waals surface area contributed by atoms with Crippen LogP contribution >= 0.6 is 0 Å². The van der Waals surface area contributed by atoms with E-state index in [-0.39, 0.29) is 0 Å². The lowest BCUT2D eigenvalue weighted by Gasteiger charge is -1.90. The van der Waals surface area contributed by atoms with Crippen molar-refractivity contribution in [2.75, 3.05) is 0 Å². The molecule has 0 amide bonds. The standard InChI is InChI=1S/C4H9BO2/c6-5(7)3-4-1-2-4/h4,6-7H,1-3H2. The molecule has 1 fully saturated rings. The van der Waals surface area contributed by atoms with E-state index in [1.807, 2.05) is 0 Å². The van der Waals surface area contributed by atoms with Crippen molar-refractivity contribution in [2.24, 2.45) is 5.92 Å². The second-order valence-electron chi connectivity index (χ2n) is 2.16. The maximum Gasteiger partial charge on any atom is 0.451 e. The van der Waals surface area contributed by atoms with Crippen molar-refractivity contribution in [1.82, 2.24) is 0 Å². The van der Waals surface area contributed by atoms with Gasteiger partial charge in [-0.3, -0.25) is 0 Å². The summed E-state index contributed by atoms with van der Waals surface area (Å²) >= 11 is 0. The van der Waals surface area contributed by atoms with Crippen LogP contribution in [0.4, 0.5) is 0 Å². The molecule has 0 unspecified atom stereocenters. The van der Waals surface area contributed by atoms with E-state index >= 15 is 0 Å². The lowest BCUT2D eigenvalue weighted by molar-refractivity contribution is 0.401. The van der Waals surface area contributed by atoms with Crippen LogP contribution < -0.4 is 0 Å². The zero-order chi connectivity index (χ0) is 5.28.